The molecule has 0 unspecified atom stereocenters. The molecule has 0 radical (unpaired) electrons. The molecule has 1 heterocycles. The second-order valence-electron chi connectivity index (χ2n) is 4.33. The fourth-order valence-corrected chi connectivity index (χ4v) is 2.18. The summed E-state index contributed by atoms with van der Waals surface area (Å²) in [6.07, 6.45) is 2.27. The van der Waals surface area contributed by atoms with Gasteiger partial charge in [-0.05, 0) is 44.6 Å². The summed E-state index contributed by atoms with van der Waals surface area (Å²) in [4.78, 5) is 0. The Hall–Kier alpha value is -1.48. The van der Waals surface area contributed by atoms with E-state index in [1.807, 2.05) is 13.1 Å². The van der Waals surface area contributed by atoms with Crippen molar-refractivity contribution in [1.29, 1.82) is 0 Å². The number of benzene rings is 1. The fourth-order valence-electron chi connectivity index (χ4n) is 2.18. The molecule has 17 heavy (non-hydrogen) atoms. The summed E-state index contributed by atoms with van der Waals surface area (Å²) in [5.41, 5.74) is 2.62. The number of hydrogen-bond acceptors (Lipinski definition) is 2. The van der Waals surface area contributed by atoms with Crippen molar-refractivity contribution in [3.05, 3.63) is 30.0 Å². The van der Waals surface area contributed by atoms with Crippen molar-refractivity contribution in [2.75, 3.05) is 20.7 Å². The molecule has 0 spiro atoms. The summed E-state index contributed by atoms with van der Waals surface area (Å²) < 4.78 is 7.52. The van der Waals surface area contributed by atoms with Crippen LogP contribution in [0.2, 0.25) is 0 Å². The lowest BCUT2D eigenvalue weighted by atomic mass is 10.2. The average molecular weight is 232 g/mol. The minimum atomic E-state index is 0.917. The maximum Gasteiger partial charge on any atom is 0.120 e. The summed E-state index contributed by atoms with van der Waals surface area (Å²) in [6, 6.07) is 8.50. The zero-order valence-electron chi connectivity index (χ0n) is 10.8. The quantitative estimate of drug-likeness (QED) is 0.801. The molecular formula is C14H20N2O. The van der Waals surface area contributed by atoms with Crippen molar-refractivity contribution in [2.24, 2.45) is 7.05 Å². The van der Waals surface area contributed by atoms with Gasteiger partial charge in [-0.3, -0.25) is 0 Å². The molecule has 0 fully saturated rings. The third-order valence-electron chi connectivity index (χ3n) is 3.21. The van der Waals surface area contributed by atoms with Crippen molar-refractivity contribution in [2.45, 2.75) is 12.8 Å². The van der Waals surface area contributed by atoms with Crippen LogP contribution in [0.15, 0.2) is 24.3 Å². The minimum Gasteiger partial charge on any atom is -0.497 e. The lowest BCUT2D eigenvalue weighted by molar-refractivity contribution is 0.415. The lowest BCUT2D eigenvalue weighted by Gasteiger charge is -2.05. The van der Waals surface area contributed by atoms with E-state index in [9.17, 15) is 0 Å². The molecule has 0 aliphatic heterocycles. The Labute approximate surface area is 102 Å². The van der Waals surface area contributed by atoms with E-state index in [1.165, 1.54) is 16.6 Å². The number of rotatable bonds is 5. The summed E-state index contributed by atoms with van der Waals surface area (Å²) in [5.74, 6) is 0.917. The molecule has 0 saturated heterocycles. The van der Waals surface area contributed by atoms with Gasteiger partial charge in [0.1, 0.15) is 5.75 Å². The Morgan fingerprint density at radius 3 is 2.82 bits per heavy atom. The van der Waals surface area contributed by atoms with Gasteiger partial charge in [0.25, 0.3) is 0 Å². The number of aromatic nitrogens is 1. The van der Waals surface area contributed by atoms with Crippen LogP contribution >= 0.6 is 0 Å². The zero-order valence-corrected chi connectivity index (χ0v) is 10.8. The van der Waals surface area contributed by atoms with Gasteiger partial charge in [0, 0.05) is 24.2 Å². The molecule has 3 heteroatoms. The van der Waals surface area contributed by atoms with Gasteiger partial charge in [0.15, 0.2) is 0 Å². The summed E-state index contributed by atoms with van der Waals surface area (Å²) >= 11 is 0. The van der Waals surface area contributed by atoms with Crippen molar-refractivity contribution in [3.63, 3.8) is 0 Å². The smallest absolute Gasteiger partial charge is 0.120 e. The SMILES string of the molecule is CNCCCc1cc2ccc(OC)cc2n1C. The first-order chi connectivity index (χ1) is 8.26. The Morgan fingerprint density at radius 1 is 1.29 bits per heavy atom. The normalized spacial score (nSPS) is 11.0. The van der Waals surface area contributed by atoms with E-state index in [1.54, 1.807) is 7.11 Å². The van der Waals surface area contributed by atoms with Crippen LogP contribution in [0.5, 0.6) is 5.75 Å². The number of nitrogens with zero attached hydrogens (tertiary/aromatic N) is 1. The number of aryl methyl sites for hydroxylation is 2. The fraction of sp³-hybridized carbons (Fsp3) is 0.429. The maximum absolute atomic E-state index is 5.26. The highest BCUT2D eigenvalue weighted by atomic mass is 16.5. The molecule has 0 aliphatic carbocycles. The van der Waals surface area contributed by atoms with Crippen molar-refractivity contribution in [3.8, 4) is 5.75 Å². The molecular weight excluding hydrogens is 212 g/mol. The molecule has 0 amide bonds. The molecule has 1 aromatic carbocycles. The first kappa shape index (κ1) is 12.0. The molecule has 2 aromatic rings. The molecule has 92 valence electrons. The van der Waals surface area contributed by atoms with Gasteiger partial charge in [-0.15, -0.1) is 0 Å². The van der Waals surface area contributed by atoms with E-state index in [0.717, 1.165) is 25.1 Å². The van der Waals surface area contributed by atoms with Crippen LogP contribution < -0.4 is 10.1 Å². The van der Waals surface area contributed by atoms with Crippen molar-refractivity contribution >= 4 is 10.9 Å². The predicted molar refractivity (Wildman–Crippen MR) is 71.7 cm³/mol. The Balaban J connectivity index is 2.29. The first-order valence-electron chi connectivity index (χ1n) is 6.03. The Kier molecular flexibility index (Phi) is 3.69. The molecule has 1 aromatic heterocycles. The Bertz CT molecular complexity index is 502. The molecule has 0 aliphatic rings. The second kappa shape index (κ2) is 5.23. The van der Waals surface area contributed by atoms with E-state index in [-0.39, 0.29) is 0 Å². The highest BCUT2D eigenvalue weighted by Crippen LogP contribution is 2.24. The topological polar surface area (TPSA) is 26.2 Å². The van der Waals surface area contributed by atoms with E-state index < -0.39 is 0 Å². The van der Waals surface area contributed by atoms with E-state index in [2.05, 4.69) is 35.1 Å². The number of methoxy groups -OCH3 is 1. The van der Waals surface area contributed by atoms with Gasteiger partial charge in [-0.2, -0.15) is 0 Å². The van der Waals surface area contributed by atoms with E-state index >= 15 is 0 Å². The monoisotopic (exact) mass is 232 g/mol. The van der Waals surface area contributed by atoms with Crippen LogP contribution in [-0.4, -0.2) is 25.3 Å². The molecule has 0 bridgehead atoms. The number of ether oxygens (including phenoxy) is 1. The third-order valence-corrected chi connectivity index (χ3v) is 3.21. The Morgan fingerprint density at radius 2 is 2.12 bits per heavy atom. The predicted octanol–water partition coefficient (Wildman–Crippen LogP) is 2.34. The maximum atomic E-state index is 5.26. The van der Waals surface area contributed by atoms with Gasteiger partial charge < -0.3 is 14.6 Å². The number of fused-ring (bicyclic) bond motifs is 1. The number of hydrogen-bond donors (Lipinski definition) is 1. The molecule has 0 saturated carbocycles. The van der Waals surface area contributed by atoms with Crippen LogP contribution in [0.3, 0.4) is 0 Å². The van der Waals surface area contributed by atoms with Gasteiger partial charge in [-0.1, -0.05) is 0 Å². The summed E-state index contributed by atoms with van der Waals surface area (Å²) in [6.45, 7) is 1.06. The van der Waals surface area contributed by atoms with Crippen molar-refractivity contribution in [1.82, 2.24) is 9.88 Å². The third kappa shape index (κ3) is 2.44. The minimum absolute atomic E-state index is 0.917. The van der Waals surface area contributed by atoms with Crippen LogP contribution in [0.25, 0.3) is 10.9 Å². The van der Waals surface area contributed by atoms with Crippen molar-refractivity contribution < 1.29 is 4.74 Å². The average Bonchev–Trinajstić information content (AvgIpc) is 2.66. The molecule has 3 nitrogen and oxygen atoms in total. The largest absolute Gasteiger partial charge is 0.497 e. The van der Waals surface area contributed by atoms with Crippen LogP contribution in [-0.2, 0) is 13.5 Å². The van der Waals surface area contributed by atoms with Gasteiger partial charge in [0.2, 0.25) is 0 Å². The molecule has 0 atom stereocenters. The molecule has 1 N–H and O–H groups in total. The summed E-state index contributed by atoms with van der Waals surface area (Å²) in [7, 11) is 5.82. The highest BCUT2D eigenvalue weighted by molar-refractivity contribution is 5.82. The van der Waals surface area contributed by atoms with Crippen LogP contribution in [0.4, 0.5) is 0 Å². The van der Waals surface area contributed by atoms with Gasteiger partial charge in [0.05, 0.1) is 12.6 Å². The van der Waals surface area contributed by atoms with Gasteiger partial charge in [-0.25, -0.2) is 0 Å². The summed E-state index contributed by atoms with van der Waals surface area (Å²) in [5, 5.41) is 4.47. The van der Waals surface area contributed by atoms with E-state index in [0.29, 0.717) is 0 Å². The zero-order chi connectivity index (χ0) is 12.3. The standard InChI is InChI=1S/C14H20N2O/c1-15-8-4-5-12-9-11-6-7-13(17-3)10-14(11)16(12)2/h6-7,9-10,15H,4-5,8H2,1-3H3. The number of nitrogens with one attached hydrogen (secondary N) is 1. The highest BCUT2D eigenvalue weighted by Gasteiger charge is 2.06. The first-order valence-corrected chi connectivity index (χ1v) is 6.03. The second-order valence-corrected chi connectivity index (χ2v) is 4.33. The lowest BCUT2D eigenvalue weighted by Crippen LogP contribution is -2.09. The van der Waals surface area contributed by atoms with Crippen LogP contribution in [0, 0.1) is 0 Å². The van der Waals surface area contributed by atoms with E-state index in [4.69, 9.17) is 4.74 Å². The van der Waals surface area contributed by atoms with Gasteiger partial charge >= 0.3 is 0 Å². The van der Waals surface area contributed by atoms with Crippen LogP contribution in [0.1, 0.15) is 12.1 Å². The molecule has 2 rings (SSSR count).